The molecule has 220 valence electrons. The number of nitrogens with zero attached hydrogens (tertiary/aromatic N) is 1. The van der Waals surface area contributed by atoms with Crippen LogP contribution in [-0.4, -0.2) is 71.7 Å². The van der Waals surface area contributed by atoms with Gasteiger partial charge >= 0.3 is 5.97 Å². The van der Waals surface area contributed by atoms with Crippen LogP contribution in [0.15, 0.2) is 48.4 Å². The van der Waals surface area contributed by atoms with E-state index < -0.39 is 18.2 Å². The molecule has 1 saturated heterocycles. The Labute approximate surface area is 243 Å². The van der Waals surface area contributed by atoms with Crippen LogP contribution in [0, 0.1) is 10.8 Å². The summed E-state index contributed by atoms with van der Waals surface area (Å²) in [6.07, 6.45) is 2.89. The number of carbonyl (C=O) groups excluding carboxylic acids is 3. The summed E-state index contributed by atoms with van der Waals surface area (Å²) in [5.41, 5.74) is 6.38. The summed E-state index contributed by atoms with van der Waals surface area (Å²) in [7, 11) is 0. The molecule has 1 saturated carbocycles. The first-order valence-electron chi connectivity index (χ1n) is 13.6. The van der Waals surface area contributed by atoms with Crippen LogP contribution >= 0.6 is 11.3 Å². The van der Waals surface area contributed by atoms with Crippen molar-refractivity contribution in [2.24, 2.45) is 11.1 Å². The van der Waals surface area contributed by atoms with Crippen molar-refractivity contribution in [3.63, 3.8) is 0 Å². The van der Waals surface area contributed by atoms with Crippen LogP contribution in [0.2, 0.25) is 0 Å². The Hall–Kier alpha value is -3.74. The number of rotatable bonds is 15. The number of aliphatic hydroxyl groups excluding tert-OH is 1. The quantitative estimate of drug-likeness (QED) is 0.0699. The molecule has 41 heavy (non-hydrogen) atoms. The van der Waals surface area contributed by atoms with Gasteiger partial charge in [-0.15, -0.1) is 17.9 Å². The van der Waals surface area contributed by atoms with Gasteiger partial charge < -0.3 is 30.9 Å². The molecule has 1 aliphatic carbocycles. The van der Waals surface area contributed by atoms with E-state index in [1.807, 2.05) is 6.08 Å². The van der Waals surface area contributed by atoms with Crippen LogP contribution < -0.4 is 21.1 Å². The maximum Gasteiger partial charge on any atom is 0.338 e. The van der Waals surface area contributed by atoms with E-state index in [0.29, 0.717) is 49.5 Å². The van der Waals surface area contributed by atoms with Gasteiger partial charge in [0, 0.05) is 33.7 Å². The molecule has 2 amide bonds. The standard InChI is InChI=1S/C29H37N5O6S/c1-3-29-13-22(27(37)33-15-21-12-19(17-41-21)26(30)31)34(23(29)14-29)25(36)16-32-24(35)6-5-11-40-20-9-7-18(8-10-20)28(38)39-4-2/h3,7-10,12,17,22-23,25,36H,1,4-6,11,13-16H2,2H3,(H3,30,31)(H,32,35)(H,33,37)/t22-,23?,25?,29-/m0/s1. The van der Waals surface area contributed by atoms with E-state index in [1.54, 1.807) is 47.5 Å². The summed E-state index contributed by atoms with van der Waals surface area (Å²) in [6.45, 7) is 6.60. The van der Waals surface area contributed by atoms with Crippen molar-refractivity contribution in [3.05, 3.63) is 64.4 Å². The molecule has 0 spiro atoms. The molecule has 1 aromatic carbocycles. The number of carbonyl (C=O) groups is 3. The van der Waals surface area contributed by atoms with E-state index in [-0.39, 0.29) is 42.1 Å². The molecule has 2 fully saturated rings. The molecule has 2 aromatic rings. The first kappa shape index (κ1) is 30.2. The maximum absolute atomic E-state index is 13.1. The fraction of sp³-hybridized carbons (Fsp3) is 0.448. The third-order valence-corrected chi connectivity index (χ3v) is 8.43. The number of aliphatic hydroxyl groups is 1. The highest BCUT2D eigenvalue weighted by Gasteiger charge is 2.65. The number of ether oxygens (including phenoxy) is 2. The van der Waals surface area contributed by atoms with Crippen molar-refractivity contribution in [2.75, 3.05) is 19.8 Å². The van der Waals surface area contributed by atoms with Crippen molar-refractivity contribution < 1.29 is 29.0 Å². The zero-order valence-corrected chi connectivity index (χ0v) is 23.9. The zero-order chi connectivity index (χ0) is 29.6. The highest BCUT2D eigenvalue weighted by atomic mass is 32.1. The summed E-state index contributed by atoms with van der Waals surface area (Å²) < 4.78 is 10.6. The minimum atomic E-state index is -1.02. The lowest BCUT2D eigenvalue weighted by molar-refractivity contribution is -0.131. The molecule has 0 radical (unpaired) electrons. The molecular formula is C29H37N5O6S. The van der Waals surface area contributed by atoms with Gasteiger partial charge in [0.05, 0.1) is 37.9 Å². The number of hydrogen-bond donors (Lipinski definition) is 5. The lowest BCUT2D eigenvalue weighted by Crippen LogP contribution is -2.52. The van der Waals surface area contributed by atoms with Crippen molar-refractivity contribution in [1.29, 1.82) is 5.41 Å². The smallest absolute Gasteiger partial charge is 0.338 e. The van der Waals surface area contributed by atoms with Crippen molar-refractivity contribution in [3.8, 4) is 5.75 Å². The average molecular weight is 584 g/mol. The largest absolute Gasteiger partial charge is 0.494 e. The molecule has 11 nitrogen and oxygen atoms in total. The van der Waals surface area contributed by atoms with Gasteiger partial charge in [-0.3, -0.25) is 19.9 Å². The van der Waals surface area contributed by atoms with Gasteiger partial charge in [0.1, 0.15) is 17.8 Å². The fourth-order valence-electron chi connectivity index (χ4n) is 5.18. The Bertz CT molecular complexity index is 1280. The highest BCUT2D eigenvalue weighted by Crippen LogP contribution is 2.60. The van der Waals surface area contributed by atoms with Crippen molar-refractivity contribution >= 4 is 35.0 Å². The second-order valence-corrected chi connectivity index (χ2v) is 11.2. The number of fused-ring (bicyclic) bond motifs is 1. The van der Waals surface area contributed by atoms with Gasteiger partial charge in [-0.25, -0.2) is 4.79 Å². The molecule has 4 rings (SSSR count). The van der Waals surface area contributed by atoms with Crippen molar-refractivity contribution in [1.82, 2.24) is 15.5 Å². The molecule has 2 unspecified atom stereocenters. The minimum Gasteiger partial charge on any atom is -0.494 e. The molecule has 2 heterocycles. The van der Waals surface area contributed by atoms with Crippen LogP contribution in [0.5, 0.6) is 5.75 Å². The number of nitrogens with one attached hydrogen (secondary N) is 3. The summed E-state index contributed by atoms with van der Waals surface area (Å²) in [6, 6.07) is 7.83. The summed E-state index contributed by atoms with van der Waals surface area (Å²) >= 11 is 1.42. The first-order valence-corrected chi connectivity index (χ1v) is 14.5. The van der Waals surface area contributed by atoms with Gasteiger partial charge in [0.2, 0.25) is 11.8 Å². The van der Waals surface area contributed by atoms with E-state index >= 15 is 0 Å². The third kappa shape index (κ3) is 7.32. The second-order valence-electron chi connectivity index (χ2n) is 10.2. The lowest BCUT2D eigenvalue weighted by Gasteiger charge is -2.31. The minimum absolute atomic E-state index is 0.00248. The van der Waals surface area contributed by atoms with Gasteiger partial charge in [0.15, 0.2) is 0 Å². The summed E-state index contributed by atoms with van der Waals surface area (Å²) in [4.78, 5) is 39.9. The van der Waals surface area contributed by atoms with Crippen LogP contribution in [0.4, 0.5) is 0 Å². The SMILES string of the molecule is C=C[C@]12CC1N(C(O)CNC(=O)CCCOc1ccc(C(=O)OCC)cc1)[C@H](C(=O)NCc1cc(C(=N)N)cs1)C2. The van der Waals surface area contributed by atoms with E-state index in [9.17, 15) is 19.5 Å². The number of thiophene rings is 1. The highest BCUT2D eigenvalue weighted by molar-refractivity contribution is 7.10. The lowest BCUT2D eigenvalue weighted by atomic mass is 9.99. The molecule has 2 aliphatic rings. The number of hydrogen-bond acceptors (Lipinski definition) is 9. The molecule has 1 aliphatic heterocycles. The predicted octanol–water partition coefficient (Wildman–Crippen LogP) is 2.14. The number of esters is 1. The van der Waals surface area contributed by atoms with E-state index in [4.69, 9.17) is 20.6 Å². The number of amidine groups is 1. The number of amides is 2. The Morgan fingerprint density at radius 3 is 2.68 bits per heavy atom. The monoisotopic (exact) mass is 583 g/mol. The van der Waals surface area contributed by atoms with Crippen LogP contribution in [0.3, 0.4) is 0 Å². The molecule has 1 aromatic heterocycles. The van der Waals surface area contributed by atoms with Crippen LogP contribution in [0.25, 0.3) is 0 Å². The average Bonchev–Trinajstić information content (AvgIpc) is 3.30. The summed E-state index contributed by atoms with van der Waals surface area (Å²) in [5, 5.41) is 26.0. The van der Waals surface area contributed by atoms with Gasteiger partial charge in [-0.1, -0.05) is 6.08 Å². The molecule has 12 heteroatoms. The fourth-order valence-corrected chi connectivity index (χ4v) is 6.01. The number of likely N-dealkylation sites (tertiary alicyclic amines) is 1. The van der Waals surface area contributed by atoms with Gasteiger partial charge in [0.25, 0.3) is 0 Å². The second kappa shape index (κ2) is 13.3. The Balaban J connectivity index is 1.21. The van der Waals surface area contributed by atoms with Crippen LogP contribution in [-0.2, 0) is 20.9 Å². The first-order chi connectivity index (χ1) is 19.7. The summed E-state index contributed by atoms with van der Waals surface area (Å²) in [5.74, 6) is -0.253. The van der Waals surface area contributed by atoms with E-state index in [0.717, 1.165) is 11.3 Å². The molecular weight excluding hydrogens is 546 g/mol. The van der Waals surface area contributed by atoms with Crippen molar-refractivity contribution in [2.45, 2.75) is 57.5 Å². The van der Waals surface area contributed by atoms with Gasteiger partial charge in [-0.2, -0.15) is 0 Å². The topological polar surface area (TPSA) is 167 Å². The van der Waals surface area contributed by atoms with Gasteiger partial charge in [-0.05, 0) is 56.5 Å². The van der Waals surface area contributed by atoms with E-state index in [1.165, 1.54) is 11.3 Å². The Morgan fingerprint density at radius 1 is 1.27 bits per heavy atom. The number of nitrogen functional groups attached to an aromatic ring is 1. The normalized spacial score (nSPS) is 21.8. The van der Waals surface area contributed by atoms with Crippen LogP contribution in [0.1, 0.15) is 53.4 Å². The third-order valence-electron chi connectivity index (χ3n) is 7.49. The number of nitrogens with two attached hydrogens (primary N) is 1. The zero-order valence-electron chi connectivity index (χ0n) is 23.1. The van der Waals surface area contributed by atoms with E-state index in [2.05, 4.69) is 17.2 Å². The maximum atomic E-state index is 13.1. The number of benzene rings is 1. The molecule has 0 bridgehead atoms. The predicted molar refractivity (Wildman–Crippen MR) is 155 cm³/mol. The Morgan fingerprint density at radius 2 is 2.02 bits per heavy atom. The Kier molecular flexibility index (Phi) is 9.79. The molecule has 4 atom stereocenters. The molecule has 6 N–H and O–H groups in total. The number of piperidine rings is 1.